The molecule has 0 saturated heterocycles. The van der Waals surface area contributed by atoms with Crippen molar-refractivity contribution in [1.29, 1.82) is 0 Å². The summed E-state index contributed by atoms with van der Waals surface area (Å²) in [4.78, 5) is 11.2. The lowest BCUT2D eigenvalue weighted by Crippen LogP contribution is -2.35. The minimum absolute atomic E-state index is 0.226. The van der Waals surface area contributed by atoms with Crippen LogP contribution in [0.5, 0.6) is 0 Å². The molecular weight excluding hydrogens is 306 g/mol. The second-order valence-electron chi connectivity index (χ2n) is 4.64. The smallest absolute Gasteiger partial charge is 0.312 e. The van der Waals surface area contributed by atoms with Gasteiger partial charge in [-0.15, -0.1) is 0 Å². The van der Waals surface area contributed by atoms with Crippen LogP contribution < -0.4 is 4.31 Å². The van der Waals surface area contributed by atoms with Crippen LogP contribution in [0.15, 0.2) is 24.3 Å². The molecule has 1 aliphatic rings. The van der Waals surface area contributed by atoms with Crippen molar-refractivity contribution < 1.29 is 26.7 Å². The Balaban J connectivity index is 2.48. The standard InChI is InChI=1S/C11H13NO6S2/c1-19(15,16)7-20(17,18)12-6-9(11(13)14)8-4-2-3-5-10(8)12/h2-5,9H,6-7H2,1H3,(H,13,14). The molecule has 1 atom stereocenters. The van der Waals surface area contributed by atoms with Gasteiger partial charge in [-0.1, -0.05) is 18.2 Å². The third kappa shape index (κ3) is 2.78. The molecule has 0 bridgehead atoms. The molecule has 1 unspecified atom stereocenters. The molecule has 1 aromatic carbocycles. The van der Waals surface area contributed by atoms with E-state index in [9.17, 15) is 21.6 Å². The lowest BCUT2D eigenvalue weighted by atomic mass is 10.0. The summed E-state index contributed by atoms with van der Waals surface area (Å²) in [6.45, 7) is -0.285. The quantitative estimate of drug-likeness (QED) is 0.837. The van der Waals surface area contributed by atoms with Gasteiger partial charge in [-0.25, -0.2) is 16.8 Å². The highest BCUT2D eigenvalue weighted by Crippen LogP contribution is 2.38. The number of sulfone groups is 1. The second kappa shape index (κ2) is 4.74. The number of anilines is 1. The van der Waals surface area contributed by atoms with Gasteiger partial charge in [-0.2, -0.15) is 0 Å². The van der Waals surface area contributed by atoms with Gasteiger partial charge in [-0.3, -0.25) is 9.10 Å². The minimum atomic E-state index is -4.12. The Morgan fingerprint density at radius 2 is 1.90 bits per heavy atom. The minimum Gasteiger partial charge on any atom is -0.481 e. The third-order valence-corrected chi connectivity index (χ3v) is 6.85. The summed E-state index contributed by atoms with van der Waals surface area (Å²) in [6, 6.07) is 6.19. The highest BCUT2D eigenvalue weighted by Gasteiger charge is 2.40. The van der Waals surface area contributed by atoms with E-state index in [1.165, 1.54) is 12.1 Å². The van der Waals surface area contributed by atoms with Gasteiger partial charge >= 0.3 is 5.97 Å². The van der Waals surface area contributed by atoms with Gasteiger partial charge in [0.25, 0.3) is 0 Å². The van der Waals surface area contributed by atoms with Crippen molar-refractivity contribution in [2.24, 2.45) is 0 Å². The number of carbonyl (C=O) groups is 1. The van der Waals surface area contributed by atoms with Gasteiger partial charge < -0.3 is 5.11 Å². The van der Waals surface area contributed by atoms with E-state index in [1.54, 1.807) is 12.1 Å². The van der Waals surface area contributed by atoms with E-state index < -0.39 is 36.8 Å². The molecule has 7 nitrogen and oxygen atoms in total. The van der Waals surface area contributed by atoms with Gasteiger partial charge in [0, 0.05) is 6.26 Å². The molecule has 2 rings (SSSR count). The summed E-state index contributed by atoms with van der Waals surface area (Å²) < 4.78 is 47.5. The van der Waals surface area contributed by atoms with E-state index in [1.807, 2.05) is 0 Å². The van der Waals surface area contributed by atoms with Crippen molar-refractivity contribution in [3.8, 4) is 0 Å². The maximum Gasteiger partial charge on any atom is 0.312 e. The van der Waals surface area contributed by atoms with Crippen LogP contribution in [-0.4, -0.2) is 45.8 Å². The van der Waals surface area contributed by atoms with Crippen LogP contribution in [0, 0.1) is 0 Å². The molecule has 0 radical (unpaired) electrons. The number of nitrogens with zero attached hydrogens (tertiary/aromatic N) is 1. The lowest BCUT2D eigenvalue weighted by molar-refractivity contribution is -0.138. The topological polar surface area (TPSA) is 109 Å². The van der Waals surface area contributed by atoms with Crippen molar-refractivity contribution in [1.82, 2.24) is 0 Å². The van der Waals surface area contributed by atoms with E-state index in [0.717, 1.165) is 10.6 Å². The molecule has 1 aromatic rings. The first-order valence-corrected chi connectivity index (χ1v) is 9.29. The third-order valence-electron chi connectivity index (χ3n) is 2.93. The predicted molar refractivity (Wildman–Crippen MR) is 72.8 cm³/mol. The number of benzene rings is 1. The SMILES string of the molecule is CS(=O)(=O)CS(=O)(=O)N1CC(C(=O)O)c2ccccc21. The molecule has 0 saturated carbocycles. The van der Waals surface area contributed by atoms with Crippen LogP contribution in [0.1, 0.15) is 11.5 Å². The first-order valence-electron chi connectivity index (χ1n) is 5.62. The predicted octanol–water partition coefficient (Wildman–Crippen LogP) is 0.00670. The maximum atomic E-state index is 12.1. The van der Waals surface area contributed by atoms with Crippen LogP contribution >= 0.6 is 0 Å². The molecule has 9 heteroatoms. The average Bonchev–Trinajstić information content (AvgIpc) is 2.65. The highest BCUT2D eigenvalue weighted by molar-refractivity contribution is 8.08. The van der Waals surface area contributed by atoms with Crippen LogP contribution in [0.4, 0.5) is 5.69 Å². The molecule has 0 fully saturated rings. The lowest BCUT2D eigenvalue weighted by Gasteiger charge is -2.18. The maximum absolute atomic E-state index is 12.1. The summed E-state index contributed by atoms with van der Waals surface area (Å²) in [5.74, 6) is -2.13. The Bertz CT molecular complexity index is 753. The van der Waals surface area contributed by atoms with Crippen molar-refractivity contribution in [2.45, 2.75) is 5.92 Å². The molecule has 1 N–H and O–H groups in total. The zero-order valence-electron chi connectivity index (χ0n) is 10.6. The van der Waals surface area contributed by atoms with Gasteiger partial charge in [0.2, 0.25) is 10.0 Å². The first-order chi connectivity index (χ1) is 9.12. The highest BCUT2D eigenvalue weighted by atomic mass is 32.3. The average molecular weight is 319 g/mol. The monoisotopic (exact) mass is 319 g/mol. The summed E-state index contributed by atoms with van der Waals surface area (Å²) in [7, 11) is -7.85. The number of hydrogen-bond donors (Lipinski definition) is 1. The number of aliphatic carboxylic acids is 1. The molecular formula is C11H13NO6S2. The van der Waals surface area contributed by atoms with Gasteiger partial charge in [0.15, 0.2) is 14.9 Å². The Morgan fingerprint density at radius 3 is 2.45 bits per heavy atom. The zero-order chi connectivity index (χ0) is 15.1. The molecule has 0 spiro atoms. The fourth-order valence-electron chi connectivity index (χ4n) is 2.18. The molecule has 1 aliphatic heterocycles. The number of carboxylic acid groups (broad SMARTS) is 1. The number of fused-ring (bicyclic) bond motifs is 1. The van der Waals surface area contributed by atoms with Gasteiger partial charge in [-0.05, 0) is 11.6 Å². The zero-order valence-corrected chi connectivity index (χ0v) is 12.2. The molecule has 0 aromatic heterocycles. The van der Waals surface area contributed by atoms with E-state index in [-0.39, 0.29) is 12.2 Å². The summed E-state index contributed by atoms with van der Waals surface area (Å²) in [6.07, 6.45) is 0.821. The Hall–Kier alpha value is -1.61. The van der Waals surface area contributed by atoms with E-state index in [2.05, 4.69) is 0 Å². The molecule has 0 amide bonds. The van der Waals surface area contributed by atoms with Gasteiger partial charge in [0.1, 0.15) is 5.92 Å². The molecule has 0 aliphatic carbocycles. The number of carboxylic acids is 1. The molecule has 20 heavy (non-hydrogen) atoms. The number of rotatable bonds is 4. The summed E-state index contributed by atoms with van der Waals surface area (Å²) >= 11 is 0. The van der Waals surface area contributed by atoms with Crippen molar-refractivity contribution in [3.05, 3.63) is 29.8 Å². The van der Waals surface area contributed by atoms with Gasteiger partial charge in [0.05, 0.1) is 12.2 Å². The fourth-order valence-corrected chi connectivity index (χ4v) is 5.70. The Kier molecular flexibility index (Phi) is 3.51. The van der Waals surface area contributed by atoms with E-state index in [0.29, 0.717) is 5.56 Å². The van der Waals surface area contributed by atoms with Crippen LogP contribution in [0.25, 0.3) is 0 Å². The van der Waals surface area contributed by atoms with Crippen molar-refractivity contribution >= 4 is 31.5 Å². The van der Waals surface area contributed by atoms with Crippen LogP contribution in [0.3, 0.4) is 0 Å². The van der Waals surface area contributed by atoms with Crippen LogP contribution in [-0.2, 0) is 24.7 Å². The second-order valence-corrected chi connectivity index (χ2v) is 9.04. The van der Waals surface area contributed by atoms with Crippen LogP contribution in [0.2, 0.25) is 0 Å². The first kappa shape index (κ1) is 14.8. The number of para-hydroxylation sites is 1. The van der Waals surface area contributed by atoms with Crippen molar-refractivity contribution in [3.63, 3.8) is 0 Å². The fraction of sp³-hybridized carbons (Fsp3) is 0.364. The largest absolute Gasteiger partial charge is 0.481 e. The summed E-state index contributed by atoms with van der Waals surface area (Å²) in [5.41, 5.74) is 0.598. The number of sulfonamides is 1. The van der Waals surface area contributed by atoms with E-state index in [4.69, 9.17) is 5.11 Å². The Morgan fingerprint density at radius 1 is 1.30 bits per heavy atom. The molecule has 1 heterocycles. The normalized spacial score (nSPS) is 18.9. The number of hydrogen-bond acceptors (Lipinski definition) is 5. The molecule has 110 valence electrons. The Labute approximate surface area is 116 Å². The van der Waals surface area contributed by atoms with Crippen molar-refractivity contribution in [2.75, 3.05) is 22.2 Å². The summed E-state index contributed by atoms with van der Waals surface area (Å²) in [5, 5.41) is 8.10. The van der Waals surface area contributed by atoms with E-state index >= 15 is 0 Å².